The molecule has 0 heterocycles. The highest BCUT2D eigenvalue weighted by molar-refractivity contribution is 5.71. The summed E-state index contributed by atoms with van der Waals surface area (Å²) >= 11 is 0. The normalized spacial score (nSPS) is 12.6. The van der Waals surface area contributed by atoms with Crippen LogP contribution in [0.25, 0.3) is 0 Å². The quantitative estimate of drug-likeness (QED) is 0.0361. The molecule has 0 bridgehead atoms. The van der Waals surface area contributed by atoms with E-state index in [2.05, 4.69) is 34.6 Å². The van der Waals surface area contributed by atoms with Gasteiger partial charge in [0.15, 0.2) is 6.10 Å². The first-order valence-electron chi connectivity index (χ1n) is 21.8. The molecule has 6 nitrogen and oxygen atoms in total. The number of unbranched alkanes of at least 4 members (excludes halogenated alkanes) is 22. The third-order valence-electron chi connectivity index (χ3n) is 10.1. The molecule has 2 atom stereocenters. The van der Waals surface area contributed by atoms with Crippen molar-refractivity contribution in [3.05, 3.63) is 0 Å². The summed E-state index contributed by atoms with van der Waals surface area (Å²) in [6, 6.07) is 0. The van der Waals surface area contributed by atoms with E-state index in [0.29, 0.717) is 19.3 Å². The van der Waals surface area contributed by atoms with Gasteiger partial charge >= 0.3 is 17.9 Å². The molecule has 0 saturated carbocycles. The van der Waals surface area contributed by atoms with E-state index in [1.54, 1.807) is 0 Å². The summed E-state index contributed by atoms with van der Waals surface area (Å²) in [5.74, 6) is 0.755. The SMILES string of the molecule is CCCCCCCCCCCCC(=O)OC[C@@H](COC(=O)CCCCCCCCC(C)CC)OC(=O)CCCCCCCCCCCC(C)C. The molecule has 0 aromatic heterocycles. The van der Waals surface area contributed by atoms with Crippen LogP contribution in [0.5, 0.6) is 0 Å². The van der Waals surface area contributed by atoms with Gasteiger partial charge in [-0.05, 0) is 31.1 Å². The average Bonchev–Trinajstić information content (AvgIpc) is 3.09. The molecule has 0 saturated heterocycles. The Bertz CT molecular complexity index is 766. The van der Waals surface area contributed by atoms with Crippen molar-refractivity contribution in [1.82, 2.24) is 0 Å². The van der Waals surface area contributed by atoms with E-state index >= 15 is 0 Å². The highest BCUT2D eigenvalue weighted by Gasteiger charge is 2.19. The van der Waals surface area contributed by atoms with Gasteiger partial charge in [0.05, 0.1) is 0 Å². The maximum atomic E-state index is 12.7. The van der Waals surface area contributed by atoms with Gasteiger partial charge in [-0.1, -0.05) is 195 Å². The van der Waals surface area contributed by atoms with Gasteiger partial charge in [0.25, 0.3) is 0 Å². The lowest BCUT2D eigenvalue weighted by Gasteiger charge is -2.18. The van der Waals surface area contributed by atoms with Crippen molar-refractivity contribution in [2.24, 2.45) is 11.8 Å². The molecule has 0 aliphatic rings. The van der Waals surface area contributed by atoms with Crippen molar-refractivity contribution in [3.63, 3.8) is 0 Å². The van der Waals surface area contributed by atoms with Crippen LogP contribution in [0.3, 0.4) is 0 Å². The maximum Gasteiger partial charge on any atom is 0.306 e. The fraction of sp³-hybridized carbons (Fsp3) is 0.932. The first-order valence-corrected chi connectivity index (χ1v) is 21.8. The number of hydrogen-bond donors (Lipinski definition) is 0. The summed E-state index contributed by atoms with van der Waals surface area (Å²) < 4.78 is 16.7. The molecule has 1 unspecified atom stereocenters. The zero-order chi connectivity index (χ0) is 36.9. The van der Waals surface area contributed by atoms with E-state index < -0.39 is 6.10 Å². The third kappa shape index (κ3) is 36.2. The van der Waals surface area contributed by atoms with Gasteiger partial charge in [-0.2, -0.15) is 0 Å². The highest BCUT2D eigenvalue weighted by Crippen LogP contribution is 2.16. The number of esters is 3. The molecule has 0 aliphatic carbocycles. The largest absolute Gasteiger partial charge is 0.462 e. The Morgan fingerprint density at radius 2 is 0.760 bits per heavy atom. The predicted molar refractivity (Wildman–Crippen MR) is 210 cm³/mol. The van der Waals surface area contributed by atoms with Gasteiger partial charge in [-0.25, -0.2) is 0 Å². The minimum absolute atomic E-state index is 0.0660. The molecule has 0 spiro atoms. The monoisotopic (exact) mass is 709 g/mol. The fourth-order valence-corrected chi connectivity index (χ4v) is 6.37. The lowest BCUT2D eigenvalue weighted by atomic mass is 10.00. The van der Waals surface area contributed by atoms with Crippen LogP contribution < -0.4 is 0 Å². The average molecular weight is 709 g/mol. The molecular weight excluding hydrogens is 624 g/mol. The lowest BCUT2D eigenvalue weighted by molar-refractivity contribution is -0.167. The summed E-state index contributed by atoms with van der Waals surface area (Å²) in [6.45, 7) is 11.3. The molecule has 0 aromatic carbocycles. The van der Waals surface area contributed by atoms with Gasteiger partial charge in [0, 0.05) is 19.3 Å². The maximum absolute atomic E-state index is 12.7. The summed E-state index contributed by atoms with van der Waals surface area (Å²) in [4.78, 5) is 37.6. The van der Waals surface area contributed by atoms with Crippen molar-refractivity contribution in [2.75, 3.05) is 13.2 Å². The second-order valence-corrected chi connectivity index (χ2v) is 15.7. The summed E-state index contributed by atoms with van der Waals surface area (Å²) in [7, 11) is 0. The highest BCUT2D eigenvalue weighted by atomic mass is 16.6. The van der Waals surface area contributed by atoms with Crippen molar-refractivity contribution in [1.29, 1.82) is 0 Å². The first-order chi connectivity index (χ1) is 24.3. The van der Waals surface area contributed by atoms with Gasteiger partial charge in [0.1, 0.15) is 13.2 Å². The van der Waals surface area contributed by atoms with Crippen LogP contribution in [0.1, 0.15) is 234 Å². The van der Waals surface area contributed by atoms with E-state index in [1.807, 2.05) is 0 Å². The van der Waals surface area contributed by atoms with Crippen molar-refractivity contribution in [2.45, 2.75) is 240 Å². The Kier molecular flexibility index (Phi) is 36.0. The molecule has 0 radical (unpaired) electrons. The number of rotatable bonds is 38. The molecule has 6 heteroatoms. The van der Waals surface area contributed by atoms with Gasteiger partial charge < -0.3 is 14.2 Å². The third-order valence-corrected chi connectivity index (χ3v) is 10.1. The molecule has 0 aliphatic heterocycles. The van der Waals surface area contributed by atoms with Gasteiger partial charge in [-0.15, -0.1) is 0 Å². The number of carbonyl (C=O) groups is 3. The minimum Gasteiger partial charge on any atom is -0.462 e. The van der Waals surface area contributed by atoms with Crippen LogP contribution in [-0.2, 0) is 28.6 Å². The van der Waals surface area contributed by atoms with E-state index in [1.165, 1.54) is 122 Å². The Balaban J connectivity index is 4.36. The molecule has 0 amide bonds. The topological polar surface area (TPSA) is 78.9 Å². The lowest BCUT2D eigenvalue weighted by Crippen LogP contribution is -2.30. The van der Waals surface area contributed by atoms with Crippen LogP contribution in [-0.4, -0.2) is 37.2 Å². The van der Waals surface area contributed by atoms with Crippen molar-refractivity contribution >= 4 is 17.9 Å². The molecule has 0 fully saturated rings. The van der Waals surface area contributed by atoms with Crippen molar-refractivity contribution < 1.29 is 28.6 Å². The first kappa shape index (κ1) is 48.4. The fourth-order valence-electron chi connectivity index (χ4n) is 6.37. The van der Waals surface area contributed by atoms with Crippen LogP contribution >= 0.6 is 0 Å². The molecule has 0 N–H and O–H groups in total. The summed E-state index contributed by atoms with van der Waals surface area (Å²) in [6.07, 6.45) is 33.7. The molecule has 50 heavy (non-hydrogen) atoms. The zero-order valence-corrected chi connectivity index (χ0v) is 34.0. The second-order valence-electron chi connectivity index (χ2n) is 15.7. The molecular formula is C44H84O6. The Labute approximate surface area is 310 Å². The second kappa shape index (κ2) is 37.2. The van der Waals surface area contributed by atoms with Crippen molar-refractivity contribution in [3.8, 4) is 0 Å². The van der Waals surface area contributed by atoms with Crippen LogP contribution in [0, 0.1) is 11.8 Å². The van der Waals surface area contributed by atoms with Gasteiger partial charge in [-0.3, -0.25) is 14.4 Å². The molecule has 0 rings (SSSR count). The van der Waals surface area contributed by atoms with Crippen LogP contribution in [0.15, 0.2) is 0 Å². The number of carbonyl (C=O) groups excluding carboxylic acids is 3. The summed E-state index contributed by atoms with van der Waals surface area (Å²) in [5, 5.41) is 0. The molecule has 296 valence electrons. The number of ether oxygens (including phenoxy) is 3. The van der Waals surface area contributed by atoms with Crippen LogP contribution in [0.2, 0.25) is 0 Å². The smallest absolute Gasteiger partial charge is 0.306 e. The van der Waals surface area contributed by atoms with Gasteiger partial charge in [0.2, 0.25) is 0 Å². The van der Waals surface area contributed by atoms with E-state index in [9.17, 15) is 14.4 Å². The van der Waals surface area contributed by atoms with E-state index in [4.69, 9.17) is 14.2 Å². The van der Waals surface area contributed by atoms with E-state index in [-0.39, 0.29) is 31.1 Å². The standard InChI is InChI=1S/C44H84O6/c1-6-8-9-10-11-12-15-18-24-29-34-42(45)48-37-41(38-49-43(46)35-30-25-21-20-23-28-33-40(5)7-2)50-44(47)36-31-26-19-16-13-14-17-22-27-32-39(3)4/h39-41H,6-38H2,1-5H3/t40?,41-/m0/s1. The number of hydrogen-bond acceptors (Lipinski definition) is 6. The Morgan fingerprint density at radius 3 is 1.14 bits per heavy atom. The molecule has 0 aromatic rings. The Morgan fingerprint density at radius 1 is 0.420 bits per heavy atom. The zero-order valence-electron chi connectivity index (χ0n) is 34.0. The minimum atomic E-state index is -0.760. The summed E-state index contributed by atoms with van der Waals surface area (Å²) in [5.41, 5.74) is 0. The van der Waals surface area contributed by atoms with Crippen LogP contribution in [0.4, 0.5) is 0 Å². The van der Waals surface area contributed by atoms with E-state index in [0.717, 1.165) is 69.6 Å². The Hall–Kier alpha value is -1.59. The predicted octanol–water partition coefficient (Wildman–Crippen LogP) is 13.4.